The molecule has 1 N–H and O–H groups in total. The molecule has 20 heavy (non-hydrogen) atoms. The van der Waals surface area contributed by atoms with E-state index < -0.39 is 0 Å². The van der Waals surface area contributed by atoms with Crippen LogP contribution in [0.25, 0.3) is 0 Å². The molecule has 0 saturated carbocycles. The highest BCUT2D eigenvalue weighted by molar-refractivity contribution is 5.26. The highest BCUT2D eigenvalue weighted by Crippen LogP contribution is 2.14. The molecule has 0 radical (unpaired) electrons. The van der Waals surface area contributed by atoms with Crippen molar-refractivity contribution in [2.45, 2.75) is 46.3 Å². The van der Waals surface area contributed by atoms with Gasteiger partial charge in [-0.2, -0.15) is 9.97 Å². The van der Waals surface area contributed by atoms with Gasteiger partial charge in [0.25, 0.3) is 0 Å². The predicted molar refractivity (Wildman–Crippen MR) is 76.3 cm³/mol. The molecule has 0 amide bonds. The summed E-state index contributed by atoms with van der Waals surface area (Å²) >= 11 is 0. The van der Waals surface area contributed by atoms with Gasteiger partial charge in [0.15, 0.2) is 0 Å². The summed E-state index contributed by atoms with van der Waals surface area (Å²) in [5, 5.41) is 2.84. The second kappa shape index (κ2) is 7.23. The fourth-order valence-electron chi connectivity index (χ4n) is 1.26. The Balaban J connectivity index is 2.60. The lowest BCUT2D eigenvalue weighted by molar-refractivity contribution is -0.0175. The molecule has 0 unspecified atom stereocenters. The van der Waals surface area contributed by atoms with Crippen molar-refractivity contribution in [3.63, 3.8) is 0 Å². The summed E-state index contributed by atoms with van der Waals surface area (Å²) in [4.78, 5) is 12.3. The quantitative estimate of drug-likeness (QED) is 0.766. The van der Waals surface area contributed by atoms with Crippen LogP contribution in [-0.4, -0.2) is 46.9 Å². The normalized spacial score (nSPS) is 11.6. The number of rotatable bonds is 7. The molecule has 1 aromatic heterocycles. The third-order valence-electron chi connectivity index (χ3n) is 2.01. The molecule has 0 aliphatic rings. The molecule has 1 heterocycles. The van der Waals surface area contributed by atoms with Crippen molar-refractivity contribution in [1.82, 2.24) is 15.0 Å². The summed E-state index contributed by atoms with van der Waals surface area (Å²) in [7, 11) is 1.72. The summed E-state index contributed by atoms with van der Waals surface area (Å²) in [6.45, 7) is 10.6. The summed E-state index contributed by atoms with van der Waals surface area (Å²) in [5.74, 6) is 0.405. The minimum absolute atomic E-state index is 0.0146. The Labute approximate surface area is 120 Å². The lowest BCUT2D eigenvalue weighted by atomic mass is 10.2. The van der Waals surface area contributed by atoms with Crippen molar-refractivity contribution in [3.05, 3.63) is 0 Å². The van der Waals surface area contributed by atoms with Gasteiger partial charge in [-0.3, -0.25) is 0 Å². The summed E-state index contributed by atoms with van der Waals surface area (Å²) < 4.78 is 16.5. The third-order valence-corrected chi connectivity index (χ3v) is 2.01. The number of hydrogen-bond acceptors (Lipinski definition) is 7. The molecule has 0 aromatic carbocycles. The summed E-state index contributed by atoms with van der Waals surface area (Å²) in [6, 6.07) is 0.462. The topological polar surface area (TPSA) is 78.4 Å². The van der Waals surface area contributed by atoms with Crippen LogP contribution in [0.5, 0.6) is 12.0 Å². The van der Waals surface area contributed by atoms with Gasteiger partial charge < -0.3 is 19.5 Å². The van der Waals surface area contributed by atoms with Gasteiger partial charge in [-0.25, -0.2) is 0 Å². The van der Waals surface area contributed by atoms with E-state index in [0.29, 0.717) is 19.2 Å². The lowest BCUT2D eigenvalue weighted by Gasteiger charge is -2.19. The van der Waals surface area contributed by atoms with Crippen LogP contribution >= 0.6 is 0 Å². The number of nitrogens with one attached hydrogen (secondary N) is 1. The number of anilines is 1. The molecule has 0 atom stereocenters. The first-order valence-corrected chi connectivity index (χ1v) is 6.67. The van der Waals surface area contributed by atoms with Crippen molar-refractivity contribution >= 4 is 5.95 Å². The van der Waals surface area contributed by atoms with Gasteiger partial charge in [-0.05, 0) is 34.6 Å². The van der Waals surface area contributed by atoms with Gasteiger partial charge in [-0.15, -0.1) is 4.98 Å². The molecule has 0 fully saturated rings. The summed E-state index contributed by atoms with van der Waals surface area (Å²) in [6.07, 6.45) is -0.0146. The average molecular weight is 284 g/mol. The van der Waals surface area contributed by atoms with Gasteiger partial charge in [-0.1, -0.05) is 0 Å². The highest BCUT2D eigenvalue weighted by atomic mass is 16.5. The fraction of sp³-hybridized carbons (Fsp3) is 0.769. The third kappa shape index (κ3) is 6.51. The van der Waals surface area contributed by atoms with Crippen LogP contribution in [0.4, 0.5) is 5.95 Å². The van der Waals surface area contributed by atoms with Gasteiger partial charge >= 0.3 is 12.0 Å². The van der Waals surface area contributed by atoms with Crippen molar-refractivity contribution in [2.75, 3.05) is 25.6 Å². The van der Waals surface area contributed by atoms with Crippen LogP contribution in [0.15, 0.2) is 0 Å². The van der Waals surface area contributed by atoms with Crippen LogP contribution in [0.2, 0.25) is 0 Å². The van der Waals surface area contributed by atoms with E-state index in [4.69, 9.17) is 14.2 Å². The smallest absolute Gasteiger partial charge is 0.324 e. The number of ether oxygens (including phenoxy) is 3. The van der Waals surface area contributed by atoms with Crippen molar-refractivity contribution in [2.24, 2.45) is 0 Å². The Morgan fingerprint density at radius 3 is 2.25 bits per heavy atom. The molecule has 114 valence electrons. The van der Waals surface area contributed by atoms with E-state index in [1.165, 1.54) is 0 Å². The zero-order chi connectivity index (χ0) is 15.2. The van der Waals surface area contributed by atoms with Crippen molar-refractivity contribution in [1.29, 1.82) is 0 Å². The van der Waals surface area contributed by atoms with Gasteiger partial charge in [0.1, 0.15) is 6.61 Å². The molecule has 7 heteroatoms. The first-order valence-electron chi connectivity index (χ1n) is 6.67. The minimum atomic E-state index is -0.190. The van der Waals surface area contributed by atoms with E-state index in [0.717, 1.165) is 0 Å². The molecule has 1 rings (SSSR count). The standard InChI is InChI=1S/C13H24N4O3/c1-9(2)20-12-16-10(14-6)15-11(17-12)18-7-8-19-13(3,4)5/h9H,7-8H2,1-6H3,(H,14,15,16,17). The van der Waals surface area contributed by atoms with Crippen LogP contribution in [0, 0.1) is 0 Å². The molecule has 0 aliphatic heterocycles. The van der Waals surface area contributed by atoms with Crippen molar-refractivity contribution < 1.29 is 14.2 Å². The largest absolute Gasteiger partial charge is 0.461 e. The monoisotopic (exact) mass is 284 g/mol. The maximum absolute atomic E-state index is 5.56. The Hall–Kier alpha value is -1.63. The maximum Gasteiger partial charge on any atom is 0.324 e. The lowest BCUT2D eigenvalue weighted by Crippen LogP contribution is -2.23. The Bertz CT molecular complexity index is 419. The van der Waals surface area contributed by atoms with E-state index in [2.05, 4.69) is 20.3 Å². The highest BCUT2D eigenvalue weighted by Gasteiger charge is 2.11. The van der Waals surface area contributed by atoms with E-state index in [9.17, 15) is 0 Å². The first-order chi connectivity index (χ1) is 9.30. The second-order valence-electron chi connectivity index (χ2n) is 5.45. The molecule has 7 nitrogen and oxygen atoms in total. The Morgan fingerprint density at radius 2 is 1.70 bits per heavy atom. The zero-order valence-corrected chi connectivity index (χ0v) is 13.1. The molecule has 0 saturated heterocycles. The first kappa shape index (κ1) is 16.4. The molecular weight excluding hydrogens is 260 g/mol. The maximum atomic E-state index is 5.56. The fourth-order valence-corrected chi connectivity index (χ4v) is 1.26. The number of hydrogen-bond donors (Lipinski definition) is 1. The van der Waals surface area contributed by atoms with Gasteiger partial charge in [0, 0.05) is 7.05 Å². The molecule has 0 spiro atoms. The number of nitrogens with zero attached hydrogens (tertiary/aromatic N) is 3. The Kier molecular flexibility index (Phi) is 5.94. The SMILES string of the molecule is CNc1nc(OCCOC(C)(C)C)nc(OC(C)C)n1. The molecule has 1 aromatic rings. The molecule has 0 bridgehead atoms. The zero-order valence-electron chi connectivity index (χ0n) is 13.1. The minimum Gasteiger partial charge on any atom is -0.461 e. The van der Waals surface area contributed by atoms with E-state index in [1.54, 1.807) is 7.05 Å². The number of aromatic nitrogens is 3. The van der Waals surface area contributed by atoms with Crippen LogP contribution in [0.1, 0.15) is 34.6 Å². The van der Waals surface area contributed by atoms with Gasteiger partial charge in [0.2, 0.25) is 5.95 Å². The predicted octanol–water partition coefficient (Wildman–Crippen LogP) is 1.89. The van der Waals surface area contributed by atoms with Gasteiger partial charge in [0.05, 0.1) is 18.3 Å². The van der Waals surface area contributed by atoms with Crippen LogP contribution < -0.4 is 14.8 Å². The van der Waals surface area contributed by atoms with E-state index >= 15 is 0 Å². The average Bonchev–Trinajstić information content (AvgIpc) is 2.32. The van der Waals surface area contributed by atoms with Crippen molar-refractivity contribution in [3.8, 4) is 12.0 Å². The second-order valence-corrected chi connectivity index (χ2v) is 5.45. The molecular formula is C13H24N4O3. The van der Waals surface area contributed by atoms with Crippen LogP contribution in [-0.2, 0) is 4.74 Å². The van der Waals surface area contributed by atoms with E-state index in [-0.39, 0.29) is 23.7 Å². The molecule has 0 aliphatic carbocycles. The van der Waals surface area contributed by atoms with Crippen LogP contribution in [0.3, 0.4) is 0 Å². The van der Waals surface area contributed by atoms with E-state index in [1.807, 2.05) is 34.6 Å². The Morgan fingerprint density at radius 1 is 1.05 bits per heavy atom. The summed E-state index contributed by atoms with van der Waals surface area (Å²) in [5.41, 5.74) is -0.190.